The Morgan fingerprint density at radius 3 is 2.17 bits per heavy atom. The quantitative estimate of drug-likeness (QED) is 0.581. The average molecular weight is 173 g/mol. The molecule has 0 atom stereocenters. The van der Waals surface area contributed by atoms with Crippen molar-refractivity contribution in [1.29, 1.82) is 0 Å². The van der Waals surface area contributed by atoms with E-state index in [0.717, 1.165) is 5.92 Å². The third-order valence-corrected chi connectivity index (χ3v) is 2.01. The first-order chi connectivity index (χ1) is 5.63. The van der Waals surface area contributed by atoms with Crippen LogP contribution < -0.4 is 5.32 Å². The Bertz CT molecular complexity index is 80.1. The largest absolute Gasteiger partial charge is 0.315 e. The Hall–Kier alpha value is -0.0400. The number of hydrogen-bond donors (Lipinski definition) is 1. The van der Waals surface area contributed by atoms with Crippen LogP contribution in [-0.2, 0) is 0 Å². The molecule has 0 unspecified atom stereocenters. The van der Waals surface area contributed by atoms with E-state index in [2.05, 4.69) is 33.0 Å². The van der Waals surface area contributed by atoms with Crippen molar-refractivity contribution in [2.24, 2.45) is 5.92 Å². The second-order valence-corrected chi connectivity index (χ2v) is 4.35. The summed E-state index contributed by atoms with van der Waals surface area (Å²) in [5, 5.41) is 3.43. The van der Waals surface area contributed by atoms with Gasteiger partial charge in [0.15, 0.2) is 0 Å². The van der Waals surface area contributed by atoms with Gasteiger partial charge in [-0.1, -0.05) is 47.0 Å². The molecule has 0 bridgehead atoms. The van der Waals surface area contributed by atoms with Crippen LogP contribution in [0.1, 0.15) is 54.8 Å². The maximum Gasteiger partial charge on any atom is 0.00103 e. The summed E-state index contributed by atoms with van der Waals surface area (Å²) < 4.78 is 0. The third-order valence-electron chi connectivity index (χ3n) is 2.01. The van der Waals surface area contributed by atoms with Crippen molar-refractivity contribution >= 4 is 0 Å². The highest BCUT2D eigenvalue weighted by atomic mass is 14.9. The van der Waals surface area contributed by atoms with Gasteiger partial charge >= 0.3 is 0 Å². The summed E-state index contributed by atoms with van der Waals surface area (Å²) in [7, 11) is 0. The van der Waals surface area contributed by atoms with Crippen molar-refractivity contribution < 1.29 is 1.43 Å². The highest BCUT2D eigenvalue weighted by Gasteiger charge is 1.94. The van der Waals surface area contributed by atoms with E-state index in [9.17, 15) is 0 Å². The van der Waals surface area contributed by atoms with Gasteiger partial charge in [0.25, 0.3) is 0 Å². The first kappa shape index (κ1) is 12.0. The van der Waals surface area contributed by atoms with E-state index in [-0.39, 0.29) is 1.43 Å². The molecule has 0 aliphatic carbocycles. The van der Waals surface area contributed by atoms with E-state index < -0.39 is 0 Å². The summed E-state index contributed by atoms with van der Waals surface area (Å²) in [6.07, 6.45) is 5.52. The van der Waals surface area contributed by atoms with Gasteiger partial charge in [-0.2, -0.15) is 0 Å². The summed E-state index contributed by atoms with van der Waals surface area (Å²) in [4.78, 5) is 0. The molecule has 1 N–H and O–H groups in total. The molecular weight excluding hydrogens is 146 g/mol. The molecule has 0 aliphatic heterocycles. The van der Waals surface area contributed by atoms with Gasteiger partial charge in [0.1, 0.15) is 0 Å². The number of rotatable bonds is 7. The van der Waals surface area contributed by atoms with Crippen molar-refractivity contribution in [3.8, 4) is 0 Å². The molecule has 0 radical (unpaired) electrons. The molecule has 0 aliphatic rings. The molecule has 0 heterocycles. The maximum absolute atomic E-state index is 3.43. The van der Waals surface area contributed by atoms with Crippen LogP contribution in [0.5, 0.6) is 0 Å². The topological polar surface area (TPSA) is 12.0 Å². The SMILES string of the molecule is CC(C)CCCCCNC(C)C.[HH]. The van der Waals surface area contributed by atoms with Crippen LogP contribution in [0.2, 0.25) is 0 Å². The Morgan fingerprint density at radius 1 is 1.00 bits per heavy atom. The Morgan fingerprint density at radius 2 is 1.67 bits per heavy atom. The predicted molar refractivity (Wildman–Crippen MR) is 58.6 cm³/mol. The zero-order valence-corrected chi connectivity index (χ0v) is 9.19. The van der Waals surface area contributed by atoms with Crippen LogP contribution >= 0.6 is 0 Å². The standard InChI is InChI=1S/C11H25N.H2/c1-10(2)8-6-5-7-9-12-11(3)4;/h10-12H,5-9H2,1-4H3;1H. The Labute approximate surface area is 79.4 Å². The lowest BCUT2D eigenvalue weighted by molar-refractivity contribution is 0.502. The van der Waals surface area contributed by atoms with E-state index in [1.807, 2.05) is 0 Å². The van der Waals surface area contributed by atoms with Gasteiger partial charge in [0, 0.05) is 7.47 Å². The molecule has 1 heteroatoms. The monoisotopic (exact) mass is 173 g/mol. The molecule has 0 aromatic heterocycles. The van der Waals surface area contributed by atoms with Crippen molar-refractivity contribution in [3.05, 3.63) is 0 Å². The van der Waals surface area contributed by atoms with E-state index in [1.165, 1.54) is 32.2 Å². The lowest BCUT2D eigenvalue weighted by atomic mass is 10.1. The molecule has 0 spiro atoms. The van der Waals surface area contributed by atoms with Crippen LogP contribution in [0.3, 0.4) is 0 Å². The number of hydrogen-bond acceptors (Lipinski definition) is 1. The van der Waals surface area contributed by atoms with E-state index in [4.69, 9.17) is 0 Å². The molecule has 0 aromatic carbocycles. The normalized spacial score (nSPS) is 11.5. The molecule has 0 saturated carbocycles. The van der Waals surface area contributed by atoms with Crippen LogP contribution in [0, 0.1) is 5.92 Å². The number of unbranched alkanes of at least 4 members (excludes halogenated alkanes) is 2. The zero-order chi connectivity index (χ0) is 9.40. The first-order valence-electron chi connectivity index (χ1n) is 5.36. The highest BCUT2D eigenvalue weighted by Crippen LogP contribution is 2.07. The average Bonchev–Trinajstić information content (AvgIpc) is 1.95. The first-order valence-corrected chi connectivity index (χ1v) is 5.36. The summed E-state index contributed by atoms with van der Waals surface area (Å²) in [6.45, 7) is 10.2. The second-order valence-electron chi connectivity index (χ2n) is 4.35. The number of nitrogens with one attached hydrogen (secondary N) is 1. The maximum atomic E-state index is 3.43. The van der Waals surface area contributed by atoms with E-state index >= 15 is 0 Å². The van der Waals surface area contributed by atoms with Crippen LogP contribution in [-0.4, -0.2) is 12.6 Å². The van der Waals surface area contributed by atoms with Gasteiger partial charge in [-0.25, -0.2) is 0 Å². The van der Waals surface area contributed by atoms with Crippen molar-refractivity contribution in [1.82, 2.24) is 5.32 Å². The summed E-state index contributed by atoms with van der Waals surface area (Å²) in [5.41, 5.74) is 0. The molecule has 0 aromatic rings. The Kier molecular flexibility index (Phi) is 7.58. The van der Waals surface area contributed by atoms with Gasteiger partial charge in [-0.05, 0) is 18.9 Å². The zero-order valence-electron chi connectivity index (χ0n) is 9.19. The fourth-order valence-electron chi connectivity index (χ4n) is 1.25. The molecule has 1 nitrogen and oxygen atoms in total. The van der Waals surface area contributed by atoms with Crippen LogP contribution in [0.4, 0.5) is 0 Å². The van der Waals surface area contributed by atoms with Gasteiger partial charge < -0.3 is 5.32 Å². The highest BCUT2D eigenvalue weighted by molar-refractivity contribution is 4.53. The van der Waals surface area contributed by atoms with Crippen molar-refractivity contribution in [2.45, 2.75) is 59.4 Å². The molecule has 12 heavy (non-hydrogen) atoms. The molecule has 76 valence electrons. The van der Waals surface area contributed by atoms with E-state index in [1.54, 1.807) is 0 Å². The Balaban J connectivity index is 0. The van der Waals surface area contributed by atoms with Gasteiger partial charge in [0.05, 0.1) is 0 Å². The summed E-state index contributed by atoms with van der Waals surface area (Å²) in [5.74, 6) is 0.878. The minimum atomic E-state index is 0. The fourth-order valence-corrected chi connectivity index (χ4v) is 1.25. The van der Waals surface area contributed by atoms with Crippen molar-refractivity contribution in [3.63, 3.8) is 0 Å². The minimum Gasteiger partial charge on any atom is -0.315 e. The lowest BCUT2D eigenvalue weighted by Crippen LogP contribution is -2.23. The lowest BCUT2D eigenvalue weighted by Gasteiger charge is -2.08. The molecular formula is C11H27N. The molecule has 0 rings (SSSR count). The van der Waals surface area contributed by atoms with Gasteiger partial charge in [0.2, 0.25) is 0 Å². The van der Waals surface area contributed by atoms with E-state index in [0.29, 0.717) is 6.04 Å². The van der Waals surface area contributed by atoms with Gasteiger partial charge in [-0.3, -0.25) is 0 Å². The molecule has 0 amide bonds. The third kappa shape index (κ3) is 9.96. The molecule has 0 fully saturated rings. The summed E-state index contributed by atoms with van der Waals surface area (Å²) in [6, 6.07) is 0.648. The van der Waals surface area contributed by atoms with Crippen LogP contribution in [0.25, 0.3) is 0 Å². The van der Waals surface area contributed by atoms with Crippen LogP contribution in [0.15, 0.2) is 0 Å². The minimum absolute atomic E-state index is 0. The summed E-state index contributed by atoms with van der Waals surface area (Å²) >= 11 is 0. The smallest absolute Gasteiger partial charge is 0.00103 e. The predicted octanol–water partition coefficient (Wildman–Crippen LogP) is 3.45. The fraction of sp³-hybridized carbons (Fsp3) is 1.00. The van der Waals surface area contributed by atoms with Crippen molar-refractivity contribution in [2.75, 3.05) is 6.54 Å². The molecule has 0 saturated heterocycles. The van der Waals surface area contributed by atoms with Gasteiger partial charge in [-0.15, -0.1) is 0 Å². The second kappa shape index (κ2) is 7.60.